The number of pyridine rings is 1. The van der Waals surface area contributed by atoms with Crippen LogP contribution in [0.15, 0.2) is 48.9 Å². The van der Waals surface area contributed by atoms with Gasteiger partial charge in [-0.15, -0.1) is 0 Å². The molecule has 30 heavy (non-hydrogen) atoms. The van der Waals surface area contributed by atoms with Crippen LogP contribution in [-0.4, -0.2) is 45.0 Å². The number of piperidine rings is 1. The molecule has 1 aliphatic carbocycles. The second-order valence-corrected chi connectivity index (χ2v) is 8.70. The molecule has 1 N–H and O–H groups in total. The highest BCUT2D eigenvalue weighted by molar-refractivity contribution is 5.96. The molecule has 0 bridgehead atoms. The molecule has 1 aromatic carbocycles. The number of nitrogens with one attached hydrogen (secondary N) is 1. The fourth-order valence-electron chi connectivity index (χ4n) is 4.43. The average Bonchev–Trinajstić information content (AvgIpc) is 3.54. The van der Waals surface area contributed by atoms with Crippen molar-refractivity contribution in [1.82, 2.24) is 24.8 Å². The molecule has 2 aliphatic rings. The maximum absolute atomic E-state index is 12.5. The number of imidazole rings is 1. The van der Waals surface area contributed by atoms with Crippen molar-refractivity contribution < 1.29 is 4.79 Å². The SMILES string of the molecule is O=C(NCCC1CCN(Cc2ccccc2)CC1)c1cnc2c(c1)ncn2C1CC1. The maximum atomic E-state index is 12.5. The highest BCUT2D eigenvalue weighted by Crippen LogP contribution is 2.36. The number of carbonyl (C=O) groups is 1. The van der Waals surface area contributed by atoms with E-state index < -0.39 is 0 Å². The molecule has 6 heteroatoms. The largest absolute Gasteiger partial charge is 0.352 e. The lowest BCUT2D eigenvalue weighted by Crippen LogP contribution is -2.34. The molecule has 5 rings (SSSR count). The monoisotopic (exact) mass is 403 g/mol. The Bertz CT molecular complexity index is 1000. The molecule has 0 radical (unpaired) electrons. The van der Waals surface area contributed by atoms with Crippen molar-refractivity contribution in [2.24, 2.45) is 5.92 Å². The summed E-state index contributed by atoms with van der Waals surface area (Å²) in [6.45, 7) is 4.03. The Morgan fingerprint density at radius 2 is 1.87 bits per heavy atom. The van der Waals surface area contributed by atoms with Gasteiger partial charge in [0.15, 0.2) is 5.65 Å². The van der Waals surface area contributed by atoms with Crippen LogP contribution < -0.4 is 5.32 Å². The van der Waals surface area contributed by atoms with E-state index in [1.807, 2.05) is 12.4 Å². The van der Waals surface area contributed by atoms with Crippen LogP contribution >= 0.6 is 0 Å². The molecule has 3 heterocycles. The Balaban J connectivity index is 1.07. The first kappa shape index (κ1) is 19.2. The number of fused-ring (bicyclic) bond motifs is 1. The number of hydrogen-bond acceptors (Lipinski definition) is 4. The summed E-state index contributed by atoms with van der Waals surface area (Å²) in [7, 11) is 0. The standard InChI is InChI=1S/C24H29N5O/c30-24(20-14-22-23(26-15-20)29(17-27-22)21-6-7-21)25-11-8-18-9-12-28(13-10-18)16-19-4-2-1-3-5-19/h1-5,14-15,17-18,21H,6-13,16H2,(H,25,30). The van der Waals surface area contributed by atoms with Crippen molar-refractivity contribution in [2.75, 3.05) is 19.6 Å². The number of rotatable bonds is 7. The number of carbonyl (C=O) groups excluding carboxylic acids is 1. The van der Waals surface area contributed by atoms with E-state index in [9.17, 15) is 4.79 Å². The van der Waals surface area contributed by atoms with Crippen LogP contribution in [0.3, 0.4) is 0 Å². The molecule has 0 atom stereocenters. The van der Waals surface area contributed by atoms with E-state index in [1.165, 1.54) is 31.2 Å². The van der Waals surface area contributed by atoms with Crippen LogP contribution in [0, 0.1) is 5.92 Å². The van der Waals surface area contributed by atoms with Crippen LogP contribution in [0.4, 0.5) is 0 Å². The van der Waals surface area contributed by atoms with E-state index in [0.29, 0.717) is 17.5 Å². The first-order valence-electron chi connectivity index (χ1n) is 11.1. The van der Waals surface area contributed by atoms with E-state index in [0.717, 1.165) is 43.8 Å². The van der Waals surface area contributed by atoms with Gasteiger partial charge >= 0.3 is 0 Å². The molecule has 6 nitrogen and oxygen atoms in total. The van der Waals surface area contributed by atoms with Crippen molar-refractivity contribution in [2.45, 2.75) is 44.7 Å². The highest BCUT2D eigenvalue weighted by Gasteiger charge is 2.26. The van der Waals surface area contributed by atoms with Crippen LogP contribution in [0.5, 0.6) is 0 Å². The number of amides is 1. The number of hydrogen-bond donors (Lipinski definition) is 1. The van der Waals surface area contributed by atoms with E-state index in [4.69, 9.17) is 0 Å². The minimum absolute atomic E-state index is 0.0492. The molecular formula is C24H29N5O. The number of benzene rings is 1. The fourth-order valence-corrected chi connectivity index (χ4v) is 4.43. The quantitative estimate of drug-likeness (QED) is 0.652. The minimum atomic E-state index is -0.0492. The molecule has 1 amide bonds. The summed E-state index contributed by atoms with van der Waals surface area (Å²) in [5.74, 6) is 0.638. The van der Waals surface area contributed by atoms with E-state index in [1.54, 1.807) is 6.20 Å². The summed E-state index contributed by atoms with van der Waals surface area (Å²) in [6.07, 6.45) is 9.36. The first-order valence-corrected chi connectivity index (χ1v) is 11.1. The smallest absolute Gasteiger partial charge is 0.252 e. The van der Waals surface area contributed by atoms with Gasteiger partial charge in [0.25, 0.3) is 5.91 Å². The first-order chi connectivity index (χ1) is 14.8. The second kappa shape index (κ2) is 8.56. The van der Waals surface area contributed by atoms with Gasteiger partial charge in [0.2, 0.25) is 0 Å². The molecule has 3 aromatic rings. The number of aromatic nitrogens is 3. The zero-order chi connectivity index (χ0) is 20.3. The van der Waals surface area contributed by atoms with Crippen LogP contribution in [-0.2, 0) is 6.54 Å². The molecular weight excluding hydrogens is 374 g/mol. The van der Waals surface area contributed by atoms with E-state index in [2.05, 4.69) is 55.1 Å². The topological polar surface area (TPSA) is 63.1 Å². The molecule has 0 spiro atoms. The molecule has 1 saturated heterocycles. The summed E-state index contributed by atoms with van der Waals surface area (Å²) < 4.78 is 2.13. The van der Waals surface area contributed by atoms with Gasteiger partial charge in [0, 0.05) is 25.3 Å². The van der Waals surface area contributed by atoms with Gasteiger partial charge in [0.05, 0.1) is 11.9 Å². The molecule has 2 fully saturated rings. The lowest BCUT2D eigenvalue weighted by atomic mass is 9.93. The summed E-state index contributed by atoms with van der Waals surface area (Å²) in [5.41, 5.74) is 3.67. The third-order valence-electron chi connectivity index (χ3n) is 6.41. The predicted molar refractivity (Wildman–Crippen MR) is 117 cm³/mol. The zero-order valence-corrected chi connectivity index (χ0v) is 17.3. The van der Waals surface area contributed by atoms with E-state index in [-0.39, 0.29) is 5.91 Å². The molecule has 1 aliphatic heterocycles. The molecule has 0 unspecified atom stereocenters. The normalized spacial score (nSPS) is 18.0. The van der Waals surface area contributed by atoms with E-state index >= 15 is 0 Å². The number of likely N-dealkylation sites (tertiary alicyclic amines) is 1. The average molecular weight is 404 g/mol. The molecule has 2 aromatic heterocycles. The lowest BCUT2D eigenvalue weighted by Gasteiger charge is -2.32. The van der Waals surface area contributed by atoms with Crippen LogP contribution in [0.2, 0.25) is 0 Å². The zero-order valence-electron chi connectivity index (χ0n) is 17.3. The van der Waals surface area contributed by atoms with Crippen molar-refractivity contribution in [3.8, 4) is 0 Å². The highest BCUT2D eigenvalue weighted by atomic mass is 16.1. The summed E-state index contributed by atoms with van der Waals surface area (Å²) in [6, 6.07) is 13.1. The summed E-state index contributed by atoms with van der Waals surface area (Å²) in [4.78, 5) is 24.0. The minimum Gasteiger partial charge on any atom is -0.352 e. The number of nitrogens with zero attached hydrogens (tertiary/aromatic N) is 4. The van der Waals surface area contributed by atoms with Crippen molar-refractivity contribution >= 4 is 17.1 Å². The Hall–Kier alpha value is -2.73. The van der Waals surface area contributed by atoms with Gasteiger partial charge in [0.1, 0.15) is 5.52 Å². The Morgan fingerprint density at radius 3 is 2.63 bits per heavy atom. The van der Waals surface area contributed by atoms with Gasteiger partial charge < -0.3 is 9.88 Å². The van der Waals surface area contributed by atoms with Crippen LogP contribution in [0.1, 0.15) is 54.1 Å². The van der Waals surface area contributed by atoms with Crippen LogP contribution in [0.25, 0.3) is 11.2 Å². The Kier molecular flexibility index (Phi) is 5.49. The second-order valence-electron chi connectivity index (χ2n) is 8.70. The van der Waals surface area contributed by atoms with Gasteiger partial charge in [-0.1, -0.05) is 30.3 Å². The lowest BCUT2D eigenvalue weighted by molar-refractivity contribution is 0.0947. The third kappa shape index (κ3) is 4.38. The van der Waals surface area contributed by atoms with Crippen molar-refractivity contribution in [1.29, 1.82) is 0 Å². The maximum Gasteiger partial charge on any atom is 0.252 e. The summed E-state index contributed by atoms with van der Waals surface area (Å²) in [5, 5.41) is 3.08. The fraction of sp³-hybridized carbons (Fsp3) is 0.458. The van der Waals surface area contributed by atoms with Gasteiger partial charge in [-0.2, -0.15) is 0 Å². The Morgan fingerprint density at radius 1 is 1.07 bits per heavy atom. The van der Waals surface area contributed by atoms with Gasteiger partial charge in [-0.05, 0) is 62.7 Å². The van der Waals surface area contributed by atoms with Crippen molar-refractivity contribution in [3.63, 3.8) is 0 Å². The Labute approximate surface area is 177 Å². The van der Waals surface area contributed by atoms with Gasteiger partial charge in [-0.3, -0.25) is 9.69 Å². The molecule has 156 valence electrons. The third-order valence-corrected chi connectivity index (χ3v) is 6.41. The summed E-state index contributed by atoms with van der Waals surface area (Å²) >= 11 is 0. The van der Waals surface area contributed by atoms with Gasteiger partial charge in [-0.25, -0.2) is 9.97 Å². The van der Waals surface area contributed by atoms with Crippen molar-refractivity contribution in [3.05, 3.63) is 60.0 Å². The predicted octanol–water partition coefficient (Wildman–Crippen LogP) is 3.80. The molecule has 1 saturated carbocycles.